The molecular formula is C14H20N4O. The third-order valence-electron chi connectivity index (χ3n) is 3.03. The number of aromatic nitrogens is 3. The van der Waals surface area contributed by atoms with Crippen molar-refractivity contribution in [2.45, 2.75) is 32.2 Å². The molecule has 5 heteroatoms. The van der Waals surface area contributed by atoms with Crippen LogP contribution in [0.4, 0.5) is 0 Å². The SMILES string of the molecule is O=C(NCCCCCCn1ccnc1)c1ccc[nH]1. The van der Waals surface area contributed by atoms with Crippen molar-refractivity contribution in [3.05, 3.63) is 42.7 Å². The highest BCUT2D eigenvalue weighted by Gasteiger charge is 2.03. The maximum absolute atomic E-state index is 11.6. The summed E-state index contributed by atoms with van der Waals surface area (Å²) in [6.45, 7) is 1.76. The van der Waals surface area contributed by atoms with Crippen LogP contribution in [0.25, 0.3) is 0 Å². The van der Waals surface area contributed by atoms with Gasteiger partial charge in [0.2, 0.25) is 0 Å². The third kappa shape index (κ3) is 4.62. The molecule has 2 aromatic rings. The Kier molecular flexibility index (Phi) is 5.22. The number of carbonyl (C=O) groups excluding carboxylic acids is 1. The monoisotopic (exact) mass is 260 g/mol. The van der Waals surface area contributed by atoms with Crippen molar-refractivity contribution in [2.24, 2.45) is 0 Å². The third-order valence-corrected chi connectivity index (χ3v) is 3.03. The molecule has 0 fully saturated rings. The lowest BCUT2D eigenvalue weighted by atomic mass is 10.2. The highest BCUT2D eigenvalue weighted by molar-refractivity contribution is 5.92. The first-order valence-electron chi connectivity index (χ1n) is 6.73. The van der Waals surface area contributed by atoms with Crippen molar-refractivity contribution in [1.29, 1.82) is 0 Å². The lowest BCUT2D eigenvalue weighted by Gasteiger charge is -2.04. The van der Waals surface area contributed by atoms with E-state index in [1.165, 1.54) is 6.42 Å². The number of aromatic amines is 1. The molecular weight excluding hydrogens is 240 g/mol. The van der Waals surface area contributed by atoms with Crippen molar-refractivity contribution in [3.63, 3.8) is 0 Å². The van der Waals surface area contributed by atoms with Crippen LogP contribution in [-0.2, 0) is 6.54 Å². The summed E-state index contributed by atoms with van der Waals surface area (Å²) in [5, 5.41) is 2.90. The maximum atomic E-state index is 11.6. The van der Waals surface area contributed by atoms with Gasteiger partial charge in [0.25, 0.3) is 5.91 Å². The molecule has 0 spiro atoms. The summed E-state index contributed by atoms with van der Waals surface area (Å²) in [4.78, 5) is 18.5. The Morgan fingerprint density at radius 1 is 1.32 bits per heavy atom. The van der Waals surface area contributed by atoms with E-state index in [0.29, 0.717) is 5.69 Å². The Labute approximate surface area is 113 Å². The Balaban J connectivity index is 1.47. The lowest BCUT2D eigenvalue weighted by Crippen LogP contribution is -2.24. The zero-order chi connectivity index (χ0) is 13.3. The Hall–Kier alpha value is -2.04. The Morgan fingerprint density at radius 2 is 2.21 bits per heavy atom. The van der Waals surface area contributed by atoms with E-state index < -0.39 is 0 Å². The van der Waals surface area contributed by atoms with Crippen LogP contribution in [0.1, 0.15) is 36.2 Å². The van der Waals surface area contributed by atoms with Crippen LogP contribution in [-0.4, -0.2) is 27.0 Å². The van der Waals surface area contributed by atoms with Crippen LogP contribution in [0, 0.1) is 0 Å². The fourth-order valence-corrected chi connectivity index (χ4v) is 1.96. The predicted octanol–water partition coefficient (Wildman–Crippen LogP) is 2.20. The van der Waals surface area contributed by atoms with Crippen LogP contribution in [0.5, 0.6) is 0 Å². The van der Waals surface area contributed by atoms with Crippen molar-refractivity contribution in [3.8, 4) is 0 Å². The first-order chi connectivity index (χ1) is 9.36. The number of aryl methyl sites for hydroxylation is 1. The summed E-state index contributed by atoms with van der Waals surface area (Å²) in [5.41, 5.74) is 0.625. The Morgan fingerprint density at radius 3 is 2.95 bits per heavy atom. The molecule has 5 nitrogen and oxygen atoms in total. The Bertz CT molecular complexity index is 462. The van der Waals surface area contributed by atoms with Gasteiger partial charge in [-0.25, -0.2) is 4.98 Å². The van der Waals surface area contributed by atoms with Crippen LogP contribution >= 0.6 is 0 Å². The van der Waals surface area contributed by atoms with Crippen LogP contribution in [0.3, 0.4) is 0 Å². The minimum Gasteiger partial charge on any atom is -0.357 e. The average molecular weight is 260 g/mol. The molecule has 0 bridgehead atoms. The molecule has 0 aliphatic heterocycles. The average Bonchev–Trinajstić information content (AvgIpc) is 3.10. The number of nitrogens with zero attached hydrogens (tertiary/aromatic N) is 2. The zero-order valence-electron chi connectivity index (χ0n) is 11.0. The highest BCUT2D eigenvalue weighted by Crippen LogP contribution is 2.02. The molecule has 0 saturated carbocycles. The molecule has 1 amide bonds. The van der Waals surface area contributed by atoms with Gasteiger partial charge < -0.3 is 14.9 Å². The number of nitrogens with one attached hydrogen (secondary N) is 2. The number of amides is 1. The maximum Gasteiger partial charge on any atom is 0.267 e. The largest absolute Gasteiger partial charge is 0.357 e. The normalized spacial score (nSPS) is 10.5. The van der Waals surface area contributed by atoms with E-state index in [1.807, 2.05) is 18.6 Å². The van der Waals surface area contributed by atoms with E-state index >= 15 is 0 Å². The van der Waals surface area contributed by atoms with Gasteiger partial charge >= 0.3 is 0 Å². The summed E-state index contributed by atoms with van der Waals surface area (Å²) in [5.74, 6) is -0.0246. The number of hydrogen-bond acceptors (Lipinski definition) is 2. The van der Waals surface area contributed by atoms with E-state index in [2.05, 4.69) is 19.9 Å². The first kappa shape index (κ1) is 13.4. The zero-order valence-corrected chi connectivity index (χ0v) is 11.0. The van der Waals surface area contributed by atoms with E-state index in [4.69, 9.17) is 0 Å². The summed E-state index contributed by atoms with van der Waals surface area (Å²) in [6.07, 6.45) is 11.9. The van der Waals surface area contributed by atoms with Gasteiger partial charge in [-0.2, -0.15) is 0 Å². The van der Waals surface area contributed by atoms with Gasteiger partial charge in [-0.3, -0.25) is 4.79 Å². The molecule has 102 valence electrons. The van der Waals surface area contributed by atoms with Gasteiger partial charge in [0.05, 0.1) is 6.33 Å². The van der Waals surface area contributed by atoms with Gasteiger partial charge in [0.1, 0.15) is 5.69 Å². The minimum absolute atomic E-state index is 0.0246. The molecule has 0 atom stereocenters. The van der Waals surface area contributed by atoms with Crippen molar-refractivity contribution in [2.75, 3.05) is 6.54 Å². The molecule has 2 aromatic heterocycles. The molecule has 0 saturated heterocycles. The van der Waals surface area contributed by atoms with Crippen molar-refractivity contribution >= 4 is 5.91 Å². The molecule has 0 unspecified atom stereocenters. The van der Waals surface area contributed by atoms with Crippen molar-refractivity contribution < 1.29 is 4.79 Å². The number of hydrogen-bond donors (Lipinski definition) is 2. The van der Waals surface area contributed by atoms with Gasteiger partial charge in [-0.15, -0.1) is 0 Å². The molecule has 2 rings (SSSR count). The predicted molar refractivity (Wildman–Crippen MR) is 73.8 cm³/mol. The van der Waals surface area contributed by atoms with E-state index in [-0.39, 0.29) is 5.91 Å². The minimum atomic E-state index is -0.0246. The van der Waals surface area contributed by atoms with Crippen LogP contribution < -0.4 is 5.32 Å². The van der Waals surface area contributed by atoms with Crippen LogP contribution in [0.2, 0.25) is 0 Å². The summed E-state index contributed by atoms with van der Waals surface area (Å²) in [6, 6.07) is 3.60. The van der Waals surface area contributed by atoms with Gasteiger partial charge in [-0.1, -0.05) is 12.8 Å². The summed E-state index contributed by atoms with van der Waals surface area (Å²) < 4.78 is 2.09. The lowest BCUT2D eigenvalue weighted by molar-refractivity contribution is 0.0948. The number of carbonyl (C=O) groups is 1. The molecule has 2 N–H and O–H groups in total. The molecule has 0 aliphatic rings. The fraction of sp³-hybridized carbons (Fsp3) is 0.429. The second kappa shape index (κ2) is 7.41. The number of imidazole rings is 1. The molecule has 0 aromatic carbocycles. The quantitative estimate of drug-likeness (QED) is 0.715. The standard InChI is InChI=1S/C14H20N4O/c19-14(13-6-5-8-16-13)17-7-3-1-2-4-10-18-11-9-15-12-18/h5-6,8-9,11-12,16H,1-4,7,10H2,(H,17,19). The smallest absolute Gasteiger partial charge is 0.267 e. The van der Waals surface area contributed by atoms with Gasteiger partial charge in [0, 0.05) is 31.7 Å². The van der Waals surface area contributed by atoms with Gasteiger partial charge in [-0.05, 0) is 25.0 Å². The van der Waals surface area contributed by atoms with E-state index in [0.717, 1.165) is 32.4 Å². The second-order valence-electron chi connectivity index (χ2n) is 4.55. The van der Waals surface area contributed by atoms with E-state index in [1.54, 1.807) is 18.5 Å². The summed E-state index contributed by atoms with van der Waals surface area (Å²) in [7, 11) is 0. The first-order valence-corrected chi connectivity index (χ1v) is 6.73. The highest BCUT2D eigenvalue weighted by atomic mass is 16.1. The number of rotatable bonds is 8. The topological polar surface area (TPSA) is 62.7 Å². The number of unbranched alkanes of at least 4 members (excludes halogenated alkanes) is 3. The fourth-order valence-electron chi connectivity index (χ4n) is 1.96. The van der Waals surface area contributed by atoms with Gasteiger partial charge in [0.15, 0.2) is 0 Å². The molecule has 0 aliphatic carbocycles. The summed E-state index contributed by atoms with van der Waals surface area (Å²) >= 11 is 0. The second-order valence-corrected chi connectivity index (χ2v) is 4.55. The number of H-pyrrole nitrogens is 1. The molecule has 0 radical (unpaired) electrons. The van der Waals surface area contributed by atoms with Crippen molar-refractivity contribution in [1.82, 2.24) is 19.9 Å². The molecule has 19 heavy (non-hydrogen) atoms. The molecule has 2 heterocycles. The van der Waals surface area contributed by atoms with E-state index in [9.17, 15) is 4.79 Å². The van der Waals surface area contributed by atoms with Crippen LogP contribution in [0.15, 0.2) is 37.1 Å².